The molecule has 114 valence electrons. The summed E-state index contributed by atoms with van der Waals surface area (Å²) in [5.74, 6) is 3.74. The van der Waals surface area contributed by atoms with Crippen LogP contribution in [0.5, 0.6) is 0 Å². The molecule has 0 bridgehead atoms. The van der Waals surface area contributed by atoms with Gasteiger partial charge in [-0.25, -0.2) is 4.90 Å². The van der Waals surface area contributed by atoms with Crippen LogP contribution in [0, 0.1) is 23.9 Å². The monoisotopic (exact) mass is 309 g/mol. The van der Waals surface area contributed by atoms with E-state index in [-0.39, 0.29) is 5.96 Å². The molecular weight excluding hydrogens is 288 g/mol. The SMILES string of the molecule is Cc1cc(N(C)C)oc1CSCCN(C)C(=[N+]=N)NC#N. The standard InChI is InChI=1S/C13H20N6OS/c1-10-7-12(18(2)3)20-11(10)8-21-6-5-19(4)13(17-15)16-9-14/h7,15H,5-6,8H2,1-4H3/p+1. The number of hydrogen-bond acceptors (Lipinski definition) is 5. The van der Waals surface area contributed by atoms with E-state index in [1.165, 1.54) is 0 Å². The lowest BCUT2D eigenvalue weighted by atomic mass is 10.3. The first-order valence-electron chi connectivity index (χ1n) is 6.44. The lowest BCUT2D eigenvalue weighted by molar-refractivity contribution is -0.134. The van der Waals surface area contributed by atoms with Crippen LogP contribution in [-0.2, 0) is 5.75 Å². The number of nitrogens with zero attached hydrogens (tertiary/aromatic N) is 4. The number of thioether (sulfide) groups is 1. The third-order valence-corrected chi connectivity index (χ3v) is 3.83. The number of nitrogens with one attached hydrogen (secondary N) is 2. The summed E-state index contributed by atoms with van der Waals surface area (Å²) < 4.78 is 5.77. The van der Waals surface area contributed by atoms with Gasteiger partial charge in [0.2, 0.25) is 0 Å². The van der Waals surface area contributed by atoms with Crippen LogP contribution in [0.3, 0.4) is 0 Å². The van der Waals surface area contributed by atoms with Gasteiger partial charge in [0.1, 0.15) is 5.76 Å². The number of hydrogen-bond donors (Lipinski definition) is 2. The molecule has 0 saturated heterocycles. The molecule has 0 aromatic carbocycles. The molecule has 0 unspecified atom stereocenters. The quantitative estimate of drug-likeness (QED) is 0.157. The molecule has 1 heterocycles. The van der Waals surface area contributed by atoms with Crippen LogP contribution in [0.2, 0.25) is 0 Å². The fourth-order valence-electron chi connectivity index (χ4n) is 1.60. The van der Waals surface area contributed by atoms with Gasteiger partial charge in [0, 0.05) is 25.9 Å². The molecule has 21 heavy (non-hydrogen) atoms. The van der Waals surface area contributed by atoms with Crippen molar-refractivity contribution < 1.29 is 9.21 Å². The van der Waals surface area contributed by atoms with Crippen LogP contribution >= 0.6 is 11.8 Å². The van der Waals surface area contributed by atoms with Gasteiger partial charge in [0.25, 0.3) is 6.19 Å². The van der Waals surface area contributed by atoms with Gasteiger partial charge in [-0.2, -0.15) is 22.3 Å². The molecule has 1 aromatic rings. The first kappa shape index (κ1) is 17.0. The van der Waals surface area contributed by atoms with Crippen LogP contribution < -0.4 is 10.2 Å². The Kier molecular flexibility index (Phi) is 6.66. The van der Waals surface area contributed by atoms with Gasteiger partial charge in [0.05, 0.1) is 19.3 Å². The third kappa shape index (κ3) is 5.06. The summed E-state index contributed by atoms with van der Waals surface area (Å²) in [4.78, 5) is 6.96. The summed E-state index contributed by atoms with van der Waals surface area (Å²) in [6.45, 7) is 2.73. The Hall–Kier alpha value is -2.10. The van der Waals surface area contributed by atoms with Gasteiger partial charge in [-0.05, 0) is 12.5 Å². The van der Waals surface area contributed by atoms with E-state index < -0.39 is 0 Å². The van der Waals surface area contributed by atoms with Crippen LogP contribution in [-0.4, -0.2) is 49.1 Å². The number of nitriles is 1. The number of anilines is 1. The fourth-order valence-corrected chi connectivity index (χ4v) is 2.62. The molecule has 0 aliphatic rings. The molecule has 1 rings (SSSR count). The van der Waals surface area contributed by atoms with Gasteiger partial charge in [-0.3, -0.25) is 0 Å². The topological polar surface area (TPSA) is 93.4 Å². The maximum atomic E-state index is 8.54. The normalized spacial score (nSPS) is 9.67. The smallest absolute Gasteiger partial charge is 0.444 e. The lowest BCUT2D eigenvalue weighted by Gasteiger charge is -2.09. The van der Waals surface area contributed by atoms with Gasteiger partial charge < -0.3 is 9.32 Å². The molecule has 2 N–H and O–H groups in total. The second-order valence-electron chi connectivity index (χ2n) is 4.73. The average molecular weight is 309 g/mol. The maximum absolute atomic E-state index is 8.54. The summed E-state index contributed by atoms with van der Waals surface area (Å²) in [5.41, 5.74) is 8.14. The minimum absolute atomic E-state index is 0.252. The summed E-state index contributed by atoms with van der Waals surface area (Å²) in [5, 5.41) is 10.9. The van der Waals surface area contributed by atoms with Crippen LogP contribution in [0.25, 0.3) is 0 Å². The highest BCUT2D eigenvalue weighted by molar-refractivity contribution is 7.98. The minimum atomic E-state index is 0.252. The van der Waals surface area contributed by atoms with E-state index in [1.54, 1.807) is 29.9 Å². The van der Waals surface area contributed by atoms with E-state index >= 15 is 0 Å². The van der Waals surface area contributed by atoms with Crippen molar-refractivity contribution in [1.82, 2.24) is 10.2 Å². The van der Waals surface area contributed by atoms with Crippen LogP contribution in [0.4, 0.5) is 5.88 Å². The van der Waals surface area contributed by atoms with Crippen molar-refractivity contribution in [2.24, 2.45) is 0 Å². The highest BCUT2D eigenvalue weighted by atomic mass is 32.2. The molecule has 0 amide bonds. The van der Waals surface area contributed by atoms with Crippen molar-refractivity contribution in [3.05, 3.63) is 17.4 Å². The predicted octanol–water partition coefficient (Wildman–Crippen LogP) is 1.48. The van der Waals surface area contributed by atoms with Gasteiger partial charge in [-0.15, -0.1) is 4.79 Å². The summed E-state index contributed by atoms with van der Waals surface area (Å²) in [7, 11) is 5.70. The van der Waals surface area contributed by atoms with Gasteiger partial charge in [0.15, 0.2) is 5.88 Å². The maximum Gasteiger partial charge on any atom is 0.480 e. The molecule has 0 aliphatic carbocycles. The Balaban J connectivity index is 2.41. The molecule has 1 aromatic heterocycles. The number of aryl methyl sites for hydroxylation is 1. The van der Waals surface area contributed by atoms with Crippen molar-refractivity contribution >= 4 is 23.6 Å². The lowest BCUT2D eigenvalue weighted by Crippen LogP contribution is -2.38. The largest absolute Gasteiger partial charge is 0.480 e. The van der Waals surface area contributed by atoms with Gasteiger partial charge >= 0.3 is 5.96 Å². The van der Waals surface area contributed by atoms with E-state index in [0.717, 1.165) is 28.7 Å². The second-order valence-corrected chi connectivity index (χ2v) is 5.84. The zero-order valence-corrected chi connectivity index (χ0v) is 13.6. The van der Waals surface area contributed by atoms with E-state index in [2.05, 4.69) is 10.1 Å². The molecule has 0 fully saturated rings. The molecule has 0 saturated carbocycles. The molecule has 8 heteroatoms. The highest BCUT2D eigenvalue weighted by Gasteiger charge is 2.16. The van der Waals surface area contributed by atoms with E-state index in [0.29, 0.717) is 6.54 Å². The second kappa shape index (κ2) is 8.25. The average Bonchev–Trinajstić information content (AvgIpc) is 2.82. The van der Waals surface area contributed by atoms with E-state index in [9.17, 15) is 0 Å². The van der Waals surface area contributed by atoms with E-state index in [1.807, 2.05) is 32.0 Å². The zero-order valence-electron chi connectivity index (χ0n) is 12.8. The first-order valence-corrected chi connectivity index (χ1v) is 7.60. The Morgan fingerprint density at radius 1 is 1.52 bits per heavy atom. The number of guanidine groups is 1. The number of rotatable bonds is 6. The number of furan rings is 1. The van der Waals surface area contributed by atoms with Crippen molar-refractivity contribution in [3.8, 4) is 6.19 Å². The minimum Gasteiger partial charge on any atom is -0.444 e. The molecule has 0 spiro atoms. The Bertz CT molecular complexity index is 555. The summed E-state index contributed by atoms with van der Waals surface area (Å²) >= 11 is 1.74. The summed E-state index contributed by atoms with van der Waals surface area (Å²) in [6.07, 6.45) is 1.77. The van der Waals surface area contributed by atoms with Crippen LogP contribution in [0.15, 0.2) is 10.5 Å². The molecule has 0 atom stereocenters. The van der Waals surface area contributed by atoms with Crippen molar-refractivity contribution in [2.45, 2.75) is 12.7 Å². The first-order chi connectivity index (χ1) is 9.99. The van der Waals surface area contributed by atoms with Crippen molar-refractivity contribution in [3.63, 3.8) is 0 Å². The Labute approximate surface area is 129 Å². The predicted molar refractivity (Wildman–Crippen MR) is 83.3 cm³/mol. The Morgan fingerprint density at radius 3 is 2.76 bits per heavy atom. The summed E-state index contributed by atoms with van der Waals surface area (Å²) in [6, 6.07) is 2.03. The van der Waals surface area contributed by atoms with Crippen molar-refractivity contribution in [1.29, 1.82) is 10.8 Å². The molecule has 0 aliphatic heterocycles. The van der Waals surface area contributed by atoms with Gasteiger partial charge in [-0.1, -0.05) is 5.53 Å². The van der Waals surface area contributed by atoms with Crippen molar-refractivity contribution in [2.75, 3.05) is 38.3 Å². The fraction of sp³-hybridized carbons (Fsp3) is 0.538. The highest BCUT2D eigenvalue weighted by Crippen LogP contribution is 2.24. The molecule has 7 nitrogen and oxygen atoms in total. The Morgan fingerprint density at radius 2 is 2.24 bits per heavy atom. The van der Waals surface area contributed by atoms with E-state index in [4.69, 9.17) is 15.2 Å². The van der Waals surface area contributed by atoms with Crippen LogP contribution in [0.1, 0.15) is 11.3 Å². The third-order valence-electron chi connectivity index (χ3n) is 2.89. The zero-order chi connectivity index (χ0) is 15.8. The molecular formula is C13H21N6OS+. The molecule has 0 radical (unpaired) electrons.